The molecule has 2 aliphatic rings. The molecule has 0 aliphatic carbocycles. The molecular weight excluding hydrogens is 172 g/mol. The predicted molar refractivity (Wildman–Crippen MR) is 59.0 cm³/mol. The lowest BCUT2D eigenvalue weighted by atomic mass is 9.62. The molecule has 1 fully saturated rings. The topological polar surface area (TPSA) is 9.23 Å². The molecule has 2 rings (SSSR count). The molecule has 1 nitrogen and oxygen atoms in total. The van der Waals surface area contributed by atoms with Crippen LogP contribution in [0.1, 0.15) is 53.4 Å². The molecule has 2 unspecified atom stereocenters. The third-order valence-electron chi connectivity index (χ3n) is 4.58. The summed E-state index contributed by atoms with van der Waals surface area (Å²) in [5, 5.41) is 0. The molecule has 0 aromatic heterocycles. The van der Waals surface area contributed by atoms with Crippen LogP contribution in [-0.4, -0.2) is 6.10 Å². The highest BCUT2D eigenvalue weighted by molar-refractivity contribution is 5.24. The zero-order valence-electron chi connectivity index (χ0n) is 9.89. The lowest BCUT2D eigenvalue weighted by Crippen LogP contribution is -2.41. The lowest BCUT2D eigenvalue weighted by molar-refractivity contribution is 0.00632. The summed E-state index contributed by atoms with van der Waals surface area (Å²) in [5.41, 5.74) is 0.744. The standard InChI is InChI=1S/C13H22O/c1-5-12(4)8-10-9-13(6-2,7-3)11(12)14-10/h9,11H,5-8H2,1-4H3. The van der Waals surface area contributed by atoms with E-state index in [4.69, 9.17) is 4.74 Å². The Morgan fingerprint density at radius 2 is 1.93 bits per heavy atom. The van der Waals surface area contributed by atoms with E-state index in [0.29, 0.717) is 16.9 Å². The molecular formula is C13H22O. The van der Waals surface area contributed by atoms with Crippen LogP contribution in [0.2, 0.25) is 0 Å². The van der Waals surface area contributed by atoms with Gasteiger partial charge in [0.15, 0.2) is 0 Å². The molecule has 0 saturated carbocycles. The van der Waals surface area contributed by atoms with Crippen LogP contribution in [0.15, 0.2) is 11.8 Å². The first-order valence-corrected chi connectivity index (χ1v) is 5.98. The van der Waals surface area contributed by atoms with Crippen molar-refractivity contribution >= 4 is 0 Å². The van der Waals surface area contributed by atoms with Gasteiger partial charge in [-0.3, -0.25) is 0 Å². The van der Waals surface area contributed by atoms with Gasteiger partial charge in [-0.15, -0.1) is 0 Å². The number of hydrogen-bond donors (Lipinski definition) is 0. The molecule has 2 aliphatic heterocycles. The Bertz CT molecular complexity index is 262. The maximum Gasteiger partial charge on any atom is 0.113 e. The second-order valence-corrected chi connectivity index (χ2v) is 5.23. The van der Waals surface area contributed by atoms with Crippen molar-refractivity contribution in [1.29, 1.82) is 0 Å². The SMILES string of the molecule is CCC1(C)CC2=CC(CC)(CC)C1O2. The van der Waals surface area contributed by atoms with Gasteiger partial charge in [0, 0.05) is 17.3 Å². The number of ether oxygens (including phenoxy) is 1. The molecule has 0 spiro atoms. The Labute approximate surface area is 87.5 Å². The second kappa shape index (κ2) is 3.01. The molecule has 0 radical (unpaired) electrons. The van der Waals surface area contributed by atoms with Gasteiger partial charge < -0.3 is 4.74 Å². The minimum atomic E-state index is 0.346. The first kappa shape index (κ1) is 10.1. The van der Waals surface area contributed by atoms with Crippen molar-refractivity contribution in [3.8, 4) is 0 Å². The average Bonchev–Trinajstić information content (AvgIpc) is 2.72. The molecule has 0 aromatic carbocycles. The Morgan fingerprint density at radius 3 is 2.36 bits per heavy atom. The van der Waals surface area contributed by atoms with Gasteiger partial charge in [0.2, 0.25) is 0 Å². The van der Waals surface area contributed by atoms with Gasteiger partial charge in [0.1, 0.15) is 6.10 Å². The third kappa shape index (κ3) is 1.07. The predicted octanol–water partition coefficient (Wildman–Crippen LogP) is 3.90. The largest absolute Gasteiger partial charge is 0.494 e. The third-order valence-corrected chi connectivity index (χ3v) is 4.58. The maximum absolute atomic E-state index is 6.04. The number of hydrogen-bond acceptors (Lipinski definition) is 1. The van der Waals surface area contributed by atoms with Gasteiger partial charge in [-0.2, -0.15) is 0 Å². The summed E-state index contributed by atoms with van der Waals surface area (Å²) in [6.07, 6.45) is 7.69. The summed E-state index contributed by atoms with van der Waals surface area (Å²) in [4.78, 5) is 0. The fraction of sp³-hybridized carbons (Fsp3) is 0.846. The van der Waals surface area contributed by atoms with Gasteiger partial charge in [0.05, 0.1) is 5.76 Å². The van der Waals surface area contributed by atoms with Gasteiger partial charge in [-0.05, 0) is 25.3 Å². The van der Waals surface area contributed by atoms with Crippen molar-refractivity contribution in [2.45, 2.75) is 59.5 Å². The number of rotatable bonds is 3. The summed E-state index contributed by atoms with van der Waals surface area (Å²) in [5.74, 6) is 1.27. The molecule has 80 valence electrons. The first-order chi connectivity index (χ1) is 6.60. The summed E-state index contributed by atoms with van der Waals surface area (Å²) in [6, 6.07) is 0. The van der Waals surface area contributed by atoms with Gasteiger partial charge in [0.25, 0.3) is 0 Å². The van der Waals surface area contributed by atoms with Gasteiger partial charge in [-0.25, -0.2) is 0 Å². The molecule has 0 aromatic rings. The summed E-state index contributed by atoms with van der Waals surface area (Å²) < 4.78 is 6.04. The van der Waals surface area contributed by atoms with Crippen LogP contribution in [0.5, 0.6) is 0 Å². The molecule has 2 atom stereocenters. The first-order valence-electron chi connectivity index (χ1n) is 5.98. The molecule has 14 heavy (non-hydrogen) atoms. The van der Waals surface area contributed by atoms with Gasteiger partial charge >= 0.3 is 0 Å². The summed E-state index contributed by atoms with van der Waals surface area (Å²) >= 11 is 0. The fourth-order valence-corrected chi connectivity index (χ4v) is 3.25. The minimum absolute atomic E-state index is 0.346. The zero-order chi connectivity index (χ0) is 10.4. The molecule has 0 amide bonds. The summed E-state index contributed by atoms with van der Waals surface area (Å²) in [7, 11) is 0. The van der Waals surface area contributed by atoms with Crippen LogP contribution in [0, 0.1) is 10.8 Å². The number of fused-ring (bicyclic) bond motifs is 2. The Kier molecular flexibility index (Phi) is 2.17. The molecule has 0 N–H and O–H groups in total. The highest BCUT2D eigenvalue weighted by Gasteiger charge is 2.56. The average molecular weight is 194 g/mol. The smallest absolute Gasteiger partial charge is 0.113 e. The monoisotopic (exact) mass is 194 g/mol. The van der Waals surface area contributed by atoms with E-state index in [9.17, 15) is 0 Å². The maximum atomic E-state index is 6.04. The minimum Gasteiger partial charge on any atom is -0.494 e. The normalized spacial score (nSPS) is 38.3. The lowest BCUT2D eigenvalue weighted by Gasteiger charge is -2.40. The van der Waals surface area contributed by atoms with E-state index in [-0.39, 0.29) is 0 Å². The van der Waals surface area contributed by atoms with Crippen LogP contribution in [-0.2, 0) is 4.74 Å². The van der Waals surface area contributed by atoms with Crippen LogP contribution in [0.3, 0.4) is 0 Å². The quantitative estimate of drug-likeness (QED) is 0.662. The Balaban J connectivity index is 2.35. The van der Waals surface area contributed by atoms with E-state index in [1.165, 1.54) is 25.0 Å². The number of allylic oxidation sites excluding steroid dienone is 1. The van der Waals surface area contributed by atoms with Crippen molar-refractivity contribution < 1.29 is 4.74 Å². The Hall–Kier alpha value is -0.460. The highest BCUT2D eigenvalue weighted by atomic mass is 16.5. The fourth-order valence-electron chi connectivity index (χ4n) is 3.25. The summed E-state index contributed by atoms with van der Waals surface area (Å²) in [6.45, 7) is 9.26. The molecule has 2 bridgehead atoms. The molecule has 1 heteroatoms. The van der Waals surface area contributed by atoms with E-state index >= 15 is 0 Å². The highest BCUT2D eigenvalue weighted by Crippen LogP contribution is 2.58. The van der Waals surface area contributed by atoms with Gasteiger partial charge in [-0.1, -0.05) is 27.7 Å². The van der Waals surface area contributed by atoms with E-state index in [2.05, 4.69) is 33.8 Å². The molecule has 2 heterocycles. The van der Waals surface area contributed by atoms with Crippen molar-refractivity contribution in [1.82, 2.24) is 0 Å². The van der Waals surface area contributed by atoms with Crippen LogP contribution in [0.4, 0.5) is 0 Å². The van der Waals surface area contributed by atoms with Crippen LogP contribution in [0.25, 0.3) is 0 Å². The van der Waals surface area contributed by atoms with Crippen LogP contribution >= 0.6 is 0 Å². The van der Waals surface area contributed by atoms with Crippen LogP contribution < -0.4 is 0 Å². The van der Waals surface area contributed by atoms with E-state index in [0.717, 1.165) is 6.42 Å². The van der Waals surface area contributed by atoms with E-state index < -0.39 is 0 Å². The van der Waals surface area contributed by atoms with Crippen molar-refractivity contribution in [2.24, 2.45) is 10.8 Å². The Morgan fingerprint density at radius 1 is 1.29 bits per heavy atom. The van der Waals surface area contributed by atoms with E-state index in [1.54, 1.807) is 0 Å². The molecule has 1 saturated heterocycles. The van der Waals surface area contributed by atoms with E-state index in [1.807, 2.05) is 0 Å². The van der Waals surface area contributed by atoms with Crippen molar-refractivity contribution in [2.75, 3.05) is 0 Å². The van der Waals surface area contributed by atoms with Crippen molar-refractivity contribution in [3.05, 3.63) is 11.8 Å². The van der Waals surface area contributed by atoms with Crippen molar-refractivity contribution in [3.63, 3.8) is 0 Å². The zero-order valence-corrected chi connectivity index (χ0v) is 9.89. The second-order valence-electron chi connectivity index (χ2n) is 5.23.